The molecule has 1 fully saturated rings. The Kier molecular flexibility index (Phi) is 4.78. The van der Waals surface area contributed by atoms with Crippen molar-refractivity contribution >= 4 is 22.9 Å². The molecule has 1 atom stereocenters. The van der Waals surface area contributed by atoms with Crippen LogP contribution in [-0.2, 0) is 16.0 Å². The van der Waals surface area contributed by atoms with Crippen LogP contribution in [0.15, 0.2) is 54.6 Å². The smallest absolute Gasteiger partial charge is 0.407 e. The van der Waals surface area contributed by atoms with Crippen molar-refractivity contribution in [2.75, 3.05) is 13.2 Å². The van der Waals surface area contributed by atoms with Gasteiger partial charge < -0.3 is 20.4 Å². The van der Waals surface area contributed by atoms with Crippen LogP contribution in [0.4, 0.5) is 4.79 Å². The summed E-state index contributed by atoms with van der Waals surface area (Å²) in [4.78, 5) is 26.8. The Morgan fingerprint density at radius 3 is 2.67 bits per heavy atom. The van der Waals surface area contributed by atoms with E-state index in [2.05, 4.69) is 33.8 Å². The second kappa shape index (κ2) is 7.53. The van der Waals surface area contributed by atoms with Gasteiger partial charge in [0.2, 0.25) is 5.91 Å². The molecule has 0 spiro atoms. The summed E-state index contributed by atoms with van der Waals surface area (Å²) in [6.07, 6.45) is 0.581. The number of carbonyl (C=O) groups is 2. The number of H-pyrrole nitrogens is 1. The lowest BCUT2D eigenvalue weighted by Gasteiger charge is -2.10. The van der Waals surface area contributed by atoms with E-state index in [9.17, 15) is 9.59 Å². The minimum Gasteiger partial charge on any atom is -0.447 e. The molecule has 27 heavy (non-hydrogen) atoms. The first-order valence-corrected chi connectivity index (χ1v) is 9.05. The molecule has 1 unspecified atom stereocenters. The summed E-state index contributed by atoms with van der Waals surface area (Å²) in [5.74, 6) is -0.0413. The molecule has 2 heterocycles. The number of hydrogen-bond acceptors (Lipinski definition) is 3. The second-order valence-corrected chi connectivity index (χ2v) is 6.63. The van der Waals surface area contributed by atoms with Crippen LogP contribution in [0.1, 0.15) is 12.0 Å². The van der Waals surface area contributed by atoms with E-state index in [-0.39, 0.29) is 11.9 Å². The highest BCUT2D eigenvalue weighted by Crippen LogP contribution is 2.31. The summed E-state index contributed by atoms with van der Waals surface area (Å²) in [6.45, 7) is 0.670. The molecule has 6 nitrogen and oxygen atoms in total. The quantitative estimate of drug-likeness (QED) is 0.630. The van der Waals surface area contributed by atoms with Crippen molar-refractivity contribution < 1.29 is 14.3 Å². The third-order valence-electron chi connectivity index (χ3n) is 4.76. The fraction of sp³-hybridized carbons (Fsp3) is 0.238. The van der Waals surface area contributed by atoms with Crippen molar-refractivity contribution in [3.05, 3.63) is 60.2 Å². The lowest BCUT2D eigenvalue weighted by Crippen LogP contribution is -2.39. The van der Waals surface area contributed by atoms with Gasteiger partial charge in [-0.1, -0.05) is 48.5 Å². The van der Waals surface area contributed by atoms with Gasteiger partial charge in [-0.15, -0.1) is 0 Å². The molecule has 138 valence electrons. The number of nitrogens with one attached hydrogen (secondary N) is 3. The summed E-state index contributed by atoms with van der Waals surface area (Å²) in [5.41, 5.74) is 4.37. The maximum absolute atomic E-state index is 12.3. The maximum atomic E-state index is 12.3. The summed E-state index contributed by atoms with van der Waals surface area (Å²) in [6, 6.07) is 18.1. The Hall–Kier alpha value is -3.28. The van der Waals surface area contributed by atoms with Crippen LogP contribution in [-0.4, -0.2) is 36.2 Å². The molecule has 1 saturated heterocycles. The van der Waals surface area contributed by atoms with E-state index in [1.165, 1.54) is 0 Å². The lowest BCUT2D eigenvalue weighted by atomic mass is 10.0. The third-order valence-corrected chi connectivity index (χ3v) is 4.76. The molecule has 0 saturated carbocycles. The van der Waals surface area contributed by atoms with Gasteiger partial charge in [-0.05, 0) is 23.6 Å². The number of rotatable bonds is 6. The van der Waals surface area contributed by atoms with Crippen molar-refractivity contribution in [3.63, 3.8) is 0 Å². The number of para-hydroxylation sites is 1. The molecule has 0 aliphatic carbocycles. The number of ether oxygens (including phenoxy) is 1. The van der Waals surface area contributed by atoms with Crippen LogP contribution in [0.3, 0.4) is 0 Å². The first kappa shape index (κ1) is 17.1. The largest absolute Gasteiger partial charge is 0.447 e. The molecule has 2 amide bonds. The fourth-order valence-corrected chi connectivity index (χ4v) is 3.41. The predicted octanol–water partition coefficient (Wildman–Crippen LogP) is 2.99. The monoisotopic (exact) mass is 363 g/mol. The van der Waals surface area contributed by atoms with Crippen molar-refractivity contribution in [1.29, 1.82) is 0 Å². The summed E-state index contributed by atoms with van der Waals surface area (Å²) >= 11 is 0. The number of fused-ring (bicyclic) bond motifs is 1. The number of aryl methyl sites for hydroxylation is 1. The molecular formula is C21H21N3O3. The van der Waals surface area contributed by atoms with Gasteiger partial charge >= 0.3 is 6.09 Å². The number of cyclic esters (lactones) is 1. The Morgan fingerprint density at radius 2 is 1.89 bits per heavy atom. The molecule has 0 radical (unpaired) electrons. The summed E-state index contributed by atoms with van der Waals surface area (Å²) in [5, 5.41) is 6.66. The molecule has 4 rings (SSSR count). The third kappa shape index (κ3) is 3.79. The van der Waals surface area contributed by atoms with E-state index in [0.29, 0.717) is 26.0 Å². The number of amides is 2. The number of aromatic nitrogens is 1. The number of benzene rings is 2. The van der Waals surface area contributed by atoms with Crippen LogP contribution >= 0.6 is 0 Å². The summed E-state index contributed by atoms with van der Waals surface area (Å²) in [7, 11) is 0. The molecule has 1 aromatic heterocycles. The number of aromatic amines is 1. The van der Waals surface area contributed by atoms with Crippen LogP contribution in [0, 0.1) is 0 Å². The first-order valence-electron chi connectivity index (χ1n) is 9.05. The zero-order chi connectivity index (χ0) is 18.6. The molecule has 3 N–H and O–H groups in total. The highest BCUT2D eigenvalue weighted by Gasteiger charge is 2.22. The molecule has 6 heteroatoms. The first-order chi connectivity index (χ1) is 13.2. The molecular weight excluding hydrogens is 342 g/mol. The molecule has 2 aromatic carbocycles. The van der Waals surface area contributed by atoms with E-state index in [1.54, 1.807) is 0 Å². The van der Waals surface area contributed by atoms with Crippen molar-refractivity contribution in [1.82, 2.24) is 15.6 Å². The Balaban J connectivity index is 1.48. The number of carbonyl (C=O) groups excluding carboxylic acids is 2. The SMILES string of the molecule is O=C(CCc1c(-c2ccccc2)[nH]c2ccccc12)NCC1COC(=O)N1. The van der Waals surface area contributed by atoms with Crippen molar-refractivity contribution in [2.45, 2.75) is 18.9 Å². The van der Waals surface area contributed by atoms with E-state index in [4.69, 9.17) is 4.74 Å². The molecule has 3 aromatic rings. The molecule has 1 aliphatic rings. The van der Waals surface area contributed by atoms with Gasteiger partial charge in [0.05, 0.1) is 6.04 Å². The number of alkyl carbamates (subject to hydrolysis) is 1. The zero-order valence-corrected chi connectivity index (χ0v) is 14.8. The standard InChI is InChI=1S/C21H21N3O3/c25-19(22-12-15-13-27-21(26)23-15)11-10-17-16-8-4-5-9-18(16)24-20(17)14-6-2-1-3-7-14/h1-9,15,24H,10-13H2,(H,22,25)(H,23,26). The van der Waals surface area contributed by atoms with Crippen LogP contribution in [0.2, 0.25) is 0 Å². The Bertz CT molecular complexity index is 965. The minimum absolute atomic E-state index is 0.0413. The van der Waals surface area contributed by atoms with E-state index < -0.39 is 6.09 Å². The summed E-state index contributed by atoms with van der Waals surface area (Å²) < 4.78 is 4.82. The number of hydrogen-bond donors (Lipinski definition) is 3. The van der Waals surface area contributed by atoms with Gasteiger partial charge in [0.1, 0.15) is 6.61 Å². The predicted molar refractivity (Wildman–Crippen MR) is 103 cm³/mol. The van der Waals surface area contributed by atoms with Crippen LogP contribution < -0.4 is 10.6 Å². The zero-order valence-electron chi connectivity index (χ0n) is 14.8. The van der Waals surface area contributed by atoms with E-state index in [0.717, 1.165) is 27.7 Å². The average molecular weight is 363 g/mol. The van der Waals surface area contributed by atoms with Gasteiger partial charge in [0.25, 0.3) is 0 Å². The maximum Gasteiger partial charge on any atom is 0.407 e. The van der Waals surface area contributed by atoms with Crippen molar-refractivity contribution in [3.8, 4) is 11.3 Å². The fourth-order valence-electron chi connectivity index (χ4n) is 3.41. The highest BCUT2D eigenvalue weighted by atomic mass is 16.6. The normalized spacial score (nSPS) is 16.1. The Morgan fingerprint density at radius 1 is 1.11 bits per heavy atom. The minimum atomic E-state index is -0.430. The topological polar surface area (TPSA) is 83.2 Å². The van der Waals surface area contributed by atoms with Gasteiger partial charge in [-0.2, -0.15) is 0 Å². The van der Waals surface area contributed by atoms with Gasteiger partial charge in [-0.25, -0.2) is 4.79 Å². The average Bonchev–Trinajstić information content (AvgIpc) is 3.28. The van der Waals surface area contributed by atoms with Gasteiger partial charge in [-0.3, -0.25) is 4.79 Å². The van der Waals surface area contributed by atoms with E-state index in [1.807, 2.05) is 36.4 Å². The van der Waals surface area contributed by atoms with Crippen LogP contribution in [0.5, 0.6) is 0 Å². The van der Waals surface area contributed by atoms with Crippen molar-refractivity contribution in [2.24, 2.45) is 0 Å². The second-order valence-electron chi connectivity index (χ2n) is 6.63. The van der Waals surface area contributed by atoms with E-state index >= 15 is 0 Å². The Labute approximate surface area is 156 Å². The lowest BCUT2D eigenvalue weighted by molar-refractivity contribution is -0.121. The highest BCUT2D eigenvalue weighted by molar-refractivity contribution is 5.91. The van der Waals surface area contributed by atoms with Crippen LogP contribution in [0.25, 0.3) is 22.2 Å². The molecule has 0 bridgehead atoms. The van der Waals surface area contributed by atoms with Gasteiger partial charge in [0.15, 0.2) is 0 Å². The van der Waals surface area contributed by atoms with Gasteiger partial charge in [0, 0.05) is 29.6 Å². The molecule has 1 aliphatic heterocycles.